The van der Waals surface area contributed by atoms with Crippen LogP contribution < -0.4 is 0 Å². The van der Waals surface area contributed by atoms with E-state index < -0.39 is 11.9 Å². The number of ether oxygens (including phenoxy) is 1. The molecule has 1 aliphatic rings. The molecule has 1 atom stereocenters. The number of nitrogens with zero attached hydrogens (tertiary/aromatic N) is 1. The first-order chi connectivity index (χ1) is 9.24. The van der Waals surface area contributed by atoms with Crippen LogP contribution in [0, 0.1) is 11.7 Å². The van der Waals surface area contributed by atoms with Crippen LogP contribution in [0.1, 0.15) is 49.4 Å². The Kier molecular flexibility index (Phi) is 5.02. The lowest BCUT2D eigenvalue weighted by atomic mass is 9.82. The number of carbonyl (C=O) groups excluding carboxylic acids is 1. The summed E-state index contributed by atoms with van der Waals surface area (Å²) in [6.45, 7) is 2.34. The van der Waals surface area contributed by atoms with Crippen molar-refractivity contribution < 1.29 is 13.9 Å². The largest absolute Gasteiger partial charge is 0.370 e. The maximum atomic E-state index is 13.7. The van der Waals surface area contributed by atoms with Gasteiger partial charge in [-0.1, -0.05) is 19.3 Å². The zero-order chi connectivity index (χ0) is 13.7. The number of Topliss-reactive ketones (excluding diaryl/α,β-unsaturated/α-hetero) is 1. The zero-order valence-electron chi connectivity index (χ0n) is 11.3. The van der Waals surface area contributed by atoms with Crippen LogP contribution in [0.3, 0.4) is 0 Å². The summed E-state index contributed by atoms with van der Waals surface area (Å²) in [6, 6.07) is 1.44. The van der Waals surface area contributed by atoms with E-state index in [4.69, 9.17) is 4.74 Å². The average Bonchev–Trinajstić information content (AvgIpc) is 2.45. The van der Waals surface area contributed by atoms with Crippen LogP contribution in [-0.2, 0) is 4.74 Å². The standard InChI is InChI=1S/C15H20FNO2/c1-2-19-15(11-6-4-3-5-7-11)14(18)12-8-9-17-10-13(12)16/h8-11,15H,2-7H2,1H3. The molecule has 1 aromatic rings. The van der Waals surface area contributed by atoms with E-state index in [1.54, 1.807) is 0 Å². The highest BCUT2D eigenvalue weighted by Crippen LogP contribution is 2.30. The van der Waals surface area contributed by atoms with Gasteiger partial charge in [-0.25, -0.2) is 4.39 Å². The molecular weight excluding hydrogens is 245 g/mol. The molecule has 1 aromatic heterocycles. The molecule has 0 N–H and O–H groups in total. The van der Waals surface area contributed by atoms with Crippen molar-refractivity contribution in [3.63, 3.8) is 0 Å². The monoisotopic (exact) mass is 265 g/mol. The van der Waals surface area contributed by atoms with Gasteiger partial charge in [0, 0.05) is 12.8 Å². The fraction of sp³-hybridized carbons (Fsp3) is 0.600. The quantitative estimate of drug-likeness (QED) is 0.766. The number of pyridine rings is 1. The minimum atomic E-state index is -0.562. The van der Waals surface area contributed by atoms with E-state index in [0.29, 0.717) is 6.61 Å². The number of ketones is 1. The lowest BCUT2D eigenvalue weighted by molar-refractivity contribution is 0.0124. The van der Waals surface area contributed by atoms with Crippen molar-refractivity contribution in [3.05, 3.63) is 29.8 Å². The number of hydrogen-bond acceptors (Lipinski definition) is 3. The molecule has 0 aliphatic heterocycles. The van der Waals surface area contributed by atoms with Crippen LogP contribution in [-0.4, -0.2) is 23.5 Å². The average molecular weight is 265 g/mol. The Labute approximate surface area is 113 Å². The molecule has 104 valence electrons. The second-order valence-electron chi connectivity index (χ2n) is 4.99. The minimum absolute atomic E-state index is 0.0963. The van der Waals surface area contributed by atoms with Crippen molar-refractivity contribution in [1.29, 1.82) is 0 Å². The predicted octanol–water partition coefficient (Wildman–Crippen LogP) is 3.39. The lowest BCUT2D eigenvalue weighted by Crippen LogP contribution is -2.34. The third-order valence-corrected chi connectivity index (χ3v) is 3.72. The molecule has 0 amide bonds. The molecule has 3 nitrogen and oxygen atoms in total. The summed E-state index contributed by atoms with van der Waals surface area (Å²) in [6.07, 6.45) is 7.46. The van der Waals surface area contributed by atoms with E-state index in [0.717, 1.165) is 31.9 Å². The van der Waals surface area contributed by atoms with Crippen LogP contribution in [0.2, 0.25) is 0 Å². The van der Waals surface area contributed by atoms with Crippen LogP contribution in [0.5, 0.6) is 0 Å². The summed E-state index contributed by atoms with van der Waals surface area (Å²) in [7, 11) is 0. The topological polar surface area (TPSA) is 39.2 Å². The van der Waals surface area contributed by atoms with E-state index in [1.165, 1.54) is 18.7 Å². The SMILES string of the molecule is CCOC(C(=O)c1ccncc1F)C1CCCCC1. The van der Waals surface area contributed by atoms with Gasteiger partial charge < -0.3 is 4.74 Å². The van der Waals surface area contributed by atoms with Crippen LogP contribution in [0.25, 0.3) is 0 Å². The van der Waals surface area contributed by atoms with E-state index in [2.05, 4.69) is 4.98 Å². The van der Waals surface area contributed by atoms with Crippen molar-refractivity contribution in [3.8, 4) is 0 Å². The second-order valence-corrected chi connectivity index (χ2v) is 4.99. The number of rotatable bonds is 5. The first kappa shape index (κ1) is 14.1. The smallest absolute Gasteiger partial charge is 0.194 e. The molecular formula is C15H20FNO2. The third kappa shape index (κ3) is 3.38. The molecule has 1 unspecified atom stereocenters. The molecule has 1 saturated carbocycles. The lowest BCUT2D eigenvalue weighted by Gasteiger charge is -2.29. The zero-order valence-corrected chi connectivity index (χ0v) is 11.3. The number of aromatic nitrogens is 1. The molecule has 0 bridgehead atoms. The molecule has 4 heteroatoms. The van der Waals surface area contributed by atoms with Gasteiger partial charge in [-0.3, -0.25) is 9.78 Å². The van der Waals surface area contributed by atoms with Crippen molar-refractivity contribution in [2.45, 2.75) is 45.1 Å². The molecule has 1 heterocycles. The van der Waals surface area contributed by atoms with Gasteiger partial charge in [-0.05, 0) is 31.7 Å². The second kappa shape index (κ2) is 6.75. The number of carbonyl (C=O) groups is 1. The first-order valence-electron chi connectivity index (χ1n) is 6.99. The minimum Gasteiger partial charge on any atom is -0.370 e. The normalized spacial score (nSPS) is 18.2. The summed E-state index contributed by atoms with van der Waals surface area (Å²) in [5.41, 5.74) is 0.0963. The molecule has 0 saturated heterocycles. The van der Waals surface area contributed by atoms with E-state index in [1.807, 2.05) is 6.92 Å². The summed E-state index contributed by atoms with van der Waals surface area (Å²) in [5.74, 6) is -0.588. The van der Waals surface area contributed by atoms with Gasteiger partial charge in [-0.2, -0.15) is 0 Å². The van der Waals surface area contributed by atoms with Gasteiger partial charge in [0.05, 0.1) is 11.8 Å². The van der Waals surface area contributed by atoms with Crippen LogP contribution in [0.4, 0.5) is 4.39 Å². The van der Waals surface area contributed by atoms with Crippen molar-refractivity contribution in [1.82, 2.24) is 4.98 Å². The van der Waals surface area contributed by atoms with Crippen LogP contribution in [0.15, 0.2) is 18.5 Å². The van der Waals surface area contributed by atoms with Crippen LogP contribution >= 0.6 is 0 Å². The Morgan fingerprint density at radius 1 is 1.47 bits per heavy atom. The van der Waals surface area contributed by atoms with Gasteiger partial charge >= 0.3 is 0 Å². The highest BCUT2D eigenvalue weighted by atomic mass is 19.1. The summed E-state index contributed by atoms with van der Waals surface area (Å²) in [4.78, 5) is 16.1. The Morgan fingerprint density at radius 2 is 2.21 bits per heavy atom. The van der Waals surface area contributed by atoms with Gasteiger partial charge in [0.15, 0.2) is 11.6 Å². The van der Waals surface area contributed by atoms with E-state index in [-0.39, 0.29) is 17.3 Å². The third-order valence-electron chi connectivity index (χ3n) is 3.72. The number of hydrogen-bond donors (Lipinski definition) is 0. The Hall–Kier alpha value is -1.29. The van der Waals surface area contributed by atoms with Crippen molar-refractivity contribution in [2.75, 3.05) is 6.61 Å². The Balaban J connectivity index is 2.18. The molecule has 2 rings (SSSR count). The van der Waals surface area contributed by atoms with E-state index >= 15 is 0 Å². The molecule has 19 heavy (non-hydrogen) atoms. The summed E-state index contributed by atoms with van der Waals surface area (Å²) in [5, 5.41) is 0. The number of halogens is 1. The molecule has 1 fully saturated rings. The Morgan fingerprint density at radius 3 is 2.84 bits per heavy atom. The van der Waals surface area contributed by atoms with Gasteiger partial charge in [-0.15, -0.1) is 0 Å². The molecule has 0 spiro atoms. The molecule has 0 aromatic carbocycles. The van der Waals surface area contributed by atoms with Gasteiger partial charge in [0.1, 0.15) is 6.10 Å². The summed E-state index contributed by atoms with van der Waals surface area (Å²) >= 11 is 0. The maximum Gasteiger partial charge on any atom is 0.194 e. The van der Waals surface area contributed by atoms with Crippen molar-refractivity contribution in [2.24, 2.45) is 5.92 Å². The molecule has 0 radical (unpaired) electrons. The maximum absolute atomic E-state index is 13.7. The summed E-state index contributed by atoms with van der Waals surface area (Å²) < 4.78 is 19.3. The molecule has 1 aliphatic carbocycles. The highest BCUT2D eigenvalue weighted by molar-refractivity contribution is 5.99. The fourth-order valence-electron chi connectivity index (χ4n) is 2.77. The van der Waals surface area contributed by atoms with E-state index in [9.17, 15) is 9.18 Å². The predicted molar refractivity (Wildman–Crippen MR) is 70.5 cm³/mol. The fourth-order valence-corrected chi connectivity index (χ4v) is 2.77. The Bertz CT molecular complexity index is 430. The first-order valence-corrected chi connectivity index (χ1v) is 6.99. The van der Waals surface area contributed by atoms with Gasteiger partial charge in [0.2, 0.25) is 0 Å². The van der Waals surface area contributed by atoms with Crippen molar-refractivity contribution >= 4 is 5.78 Å². The van der Waals surface area contributed by atoms with Gasteiger partial charge in [0.25, 0.3) is 0 Å². The highest BCUT2D eigenvalue weighted by Gasteiger charge is 2.31.